The molecule has 0 spiro atoms. The summed E-state index contributed by atoms with van der Waals surface area (Å²) in [5.41, 5.74) is 4.92. The molecule has 5 rings (SSSR count). The molecule has 1 aliphatic heterocycles. The van der Waals surface area contributed by atoms with Gasteiger partial charge in [0.15, 0.2) is 6.10 Å². The summed E-state index contributed by atoms with van der Waals surface area (Å²) in [6.45, 7) is 8.00. The van der Waals surface area contributed by atoms with Crippen LogP contribution in [-0.2, 0) is 33.1 Å². The van der Waals surface area contributed by atoms with E-state index in [1.54, 1.807) is 18.2 Å². The van der Waals surface area contributed by atoms with E-state index in [1.165, 1.54) is 34.7 Å². The Hall–Kier alpha value is -3.52. The second-order valence-corrected chi connectivity index (χ2v) is 13.2. The van der Waals surface area contributed by atoms with Gasteiger partial charge >= 0.3 is 0 Å². The van der Waals surface area contributed by atoms with E-state index in [2.05, 4.69) is 44.3 Å². The van der Waals surface area contributed by atoms with Crippen LogP contribution < -0.4 is 19.1 Å². The molecular weight excluding hydrogens is 512 g/mol. The number of nitrogens with one attached hydrogen (secondary N) is 1. The monoisotopic (exact) mass is 548 g/mol. The normalized spacial score (nSPS) is 17.6. The van der Waals surface area contributed by atoms with Crippen molar-refractivity contribution in [2.45, 2.75) is 69.4 Å². The lowest BCUT2D eigenvalue weighted by molar-refractivity contribution is -0.128. The molecule has 1 heterocycles. The van der Waals surface area contributed by atoms with E-state index in [0.717, 1.165) is 30.4 Å². The molecule has 2 aliphatic rings. The van der Waals surface area contributed by atoms with Crippen LogP contribution in [0.15, 0.2) is 65.6 Å². The Labute approximate surface area is 231 Å². The van der Waals surface area contributed by atoms with Crippen LogP contribution in [0.5, 0.6) is 11.5 Å². The van der Waals surface area contributed by atoms with Crippen LogP contribution in [0.25, 0.3) is 0 Å². The maximum absolute atomic E-state index is 13.9. The van der Waals surface area contributed by atoms with Gasteiger partial charge in [0, 0.05) is 0 Å². The van der Waals surface area contributed by atoms with E-state index in [0.29, 0.717) is 17.2 Å². The predicted molar refractivity (Wildman–Crippen MR) is 152 cm³/mol. The number of carbonyl (C=O) groups excluding carboxylic acids is 1. The highest BCUT2D eigenvalue weighted by Gasteiger charge is 2.38. The third kappa shape index (κ3) is 5.35. The summed E-state index contributed by atoms with van der Waals surface area (Å²) >= 11 is 0. The number of benzene rings is 3. The average Bonchev–Trinajstić information content (AvgIpc) is 3.39. The van der Waals surface area contributed by atoms with Crippen LogP contribution in [0.4, 0.5) is 5.69 Å². The Balaban J connectivity index is 1.46. The number of hydrogen-bond acceptors (Lipinski definition) is 5. The van der Waals surface area contributed by atoms with Crippen LogP contribution in [0.3, 0.4) is 0 Å². The van der Waals surface area contributed by atoms with Crippen LogP contribution in [-0.4, -0.2) is 34.1 Å². The van der Waals surface area contributed by atoms with E-state index in [9.17, 15) is 13.2 Å². The van der Waals surface area contributed by atoms with Crippen LogP contribution in [0.2, 0.25) is 0 Å². The highest BCUT2D eigenvalue weighted by molar-refractivity contribution is 7.92. The summed E-state index contributed by atoms with van der Waals surface area (Å²) in [6, 6.07) is 17.9. The number of amides is 1. The van der Waals surface area contributed by atoms with Gasteiger partial charge in [-0.05, 0) is 90.3 Å². The van der Waals surface area contributed by atoms with E-state index in [4.69, 9.17) is 9.47 Å². The SMILES string of the molecule is COc1ccc(S(=O)(=O)N2CC(C(=O)NC(C)c3ccc4c(c3)CCC4)Oc3ccc(C(C)(C)C)cc32)cc1. The van der Waals surface area contributed by atoms with Crippen molar-refractivity contribution < 1.29 is 22.7 Å². The lowest BCUT2D eigenvalue weighted by Crippen LogP contribution is -2.51. The van der Waals surface area contributed by atoms with E-state index in [-0.39, 0.29) is 28.8 Å². The Morgan fingerprint density at radius 3 is 2.44 bits per heavy atom. The van der Waals surface area contributed by atoms with E-state index in [1.807, 2.05) is 19.1 Å². The molecule has 1 N–H and O–H groups in total. The van der Waals surface area contributed by atoms with Gasteiger partial charge in [-0.15, -0.1) is 0 Å². The number of rotatable bonds is 6. The fourth-order valence-corrected chi connectivity index (χ4v) is 6.68. The minimum atomic E-state index is -4.00. The van der Waals surface area contributed by atoms with Gasteiger partial charge in [-0.3, -0.25) is 9.10 Å². The third-order valence-corrected chi connectivity index (χ3v) is 9.41. The van der Waals surface area contributed by atoms with Crippen molar-refractivity contribution in [1.29, 1.82) is 0 Å². The molecule has 206 valence electrons. The number of anilines is 1. The van der Waals surface area contributed by atoms with Gasteiger partial charge in [-0.2, -0.15) is 0 Å². The number of sulfonamides is 1. The maximum Gasteiger partial charge on any atom is 0.264 e. The Bertz CT molecular complexity index is 1490. The standard InChI is InChI=1S/C31H36N2O5S/c1-20(22-10-9-21-7-6-8-23(21)17-22)32-30(34)29-19-33(39(35,36)26-14-12-25(37-5)13-15-26)27-18-24(31(2,3)4)11-16-28(27)38-29/h9-18,20,29H,6-8,19H2,1-5H3,(H,32,34). The second-order valence-electron chi connectivity index (χ2n) is 11.4. The molecule has 2 atom stereocenters. The van der Waals surface area contributed by atoms with Gasteiger partial charge in [0.2, 0.25) is 0 Å². The average molecular weight is 549 g/mol. The van der Waals surface area contributed by atoms with E-state index >= 15 is 0 Å². The van der Waals surface area contributed by atoms with Crippen LogP contribution >= 0.6 is 0 Å². The number of carbonyl (C=O) groups is 1. The largest absolute Gasteiger partial charge is 0.497 e. The summed E-state index contributed by atoms with van der Waals surface area (Å²) in [6.07, 6.45) is 2.30. The molecule has 0 fully saturated rings. The number of methoxy groups -OCH3 is 1. The zero-order valence-electron chi connectivity index (χ0n) is 23.2. The number of nitrogens with zero attached hydrogens (tertiary/aromatic N) is 1. The molecule has 0 saturated carbocycles. The van der Waals surface area contributed by atoms with Gasteiger partial charge in [-0.1, -0.05) is 45.0 Å². The van der Waals surface area contributed by atoms with Crippen molar-refractivity contribution in [2.75, 3.05) is 18.0 Å². The predicted octanol–water partition coefficient (Wildman–Crippen LogP) is 5.32. The van der Waals surface area contributed by atoms with Gasteiger partial charge in [0.1, 0.15) is 11.5 Å². The topological polar surface area (TPSA) is 84.9 Å². The molecular formula is C31H36N2O5S. The highest BCUT2D eigenvalue weighted by Crippen LogP contribution is 2.40. The first-order valence-electron chi connectivity index (χ1n) is 13.4. The van der Waals surface area contributed by atoms with Crippen molar-refractivity contribution in [3.8, 4) is 11.5 Å². The van der Waals surface area contributed by atoms with Crippen molar-refractivity contribution in [1.82, 2.24) is 5.32 Å². The summed E-state index contributed by atoms with van der Waals surface area (Å²) < 4.78 is 40.5. The molecule has 8 heteroatoms. The molecule has 0 bridgehead atoms. The highest BCUT2D eigenvalue weighted by atomic mass is 32.2. The van der Waals surface area contributed by atoms with Crippen molar-refractivity contribution in [2.24, 2.45) is 0 Å². The summed E-state index contributed by atoms with van der Waals surface area (Å²) in [7, 11) is -2.47. The Morgan fingerprint density at radius 1 is 1.03 bits per heavy atom. The first kappa shape index (κ1) is 27.1. The molecule has 3 aromatic carbocycles. The lowest BCUT2D eigenvalue weighted by atomic mass is 9.86. The van der Waals surface area contributed by atoms with Gasteiger partial charge in [0.25, 0.3) is 15.9 Å². The van der Waals surface area contributed by atoms with Gasteiger partial charge in [-0.25, -0.2) is 8.42 Å². The first-order chi connectivity index (χ1) is 18.5. The van der Waals surface area contributed by atoms with Crippen molar-refractivity contribution in [3.63, 3.8) is 0 Å². The van der Waals surface area contributed by atoms with Crippen molar-refractivity contribution in [3.05, 3.63) is 82.9 Å². The third-order valence-electron chi connectivity index (χ3n) is 7.62. The molecule has 1 amide bonds. The number of fused-ring (bicyclic) bond motifs is 2. The maximum atomic E-state index is 13.9. The molecule has 3 aromatic rings. The first-order valence-corrected chi connectivity index (χ1v) is 14.8. The molecule has 1 aliphatic carbocycles. The molecule has 2 unspecified atom stereocenters. The molecule has 39 heavy (non-hydrogen) atoms. The van der Waals surface area contributed by atoms with Crippen LogP contribution in [0, 0.1) is 0 Å². The molecule has 7 nitrogen and oxygen atoms in total. The van der Waals surface area contributed by atoms with Crippen LogP contribution in [0.1, 0.15) is 62.4 Å². The Kier molecular flexibility index (Phi) is 7.10. The zero-order chi connectivity index (χ0) is 27.9. The summed E-state index contributed by atoms with van der Waals surface area (Å²) in [5.74, 6) is 0.560. The summed E-state index contributed by atoms with van der Waals surface area (Å²) in [5, 5.41) is 3.05. The number of hydrogen-bond donors (Lipinski definition) is 1. The number of aryl methyl sites for hydroxylation is 2. The fourth-order valence-electron chi connectivity index (χ4n) is 5.21. The van der Waals surface area contributed by atoms with Gasteiger partial charge in [0.05, 0.1) is 30.3 Å². The second kappa shape index (κ2) is 10.2. The quantitative estimate of drug-likeness (QED) is 0.451. The fraction of sp³-hybridized carbons (Fsp3) is 0.387. The zero-order valence-corrected chi connectivity index (χ0v) is 24.0. The van der Waals surface area contributed by atoms with Gasteiger partial charge < -0.3 is 14.8 Å². The Morgan fingerprint density at radius 2 is 1.74 bits per heavy atom. The molecule has 0 saturated heterocycles. The minimum absolute atomic E-state index is 0.114. The van der Waals surface area contributed by atoms with E-state index < -0.39 is 16.1 Å². The smallest absolute Gasteiger partial charge is 0.264 e. The number of ether oxygens (including phenoxy) is 2. The molecule has 0 aromatic heterocycles. The summed E-state index contributed by atoms with van der Waals surface area (Å²) in [4.78, 5) is 13.6. The lowest BCUT2D eigenvalue weighted by Gasteiger charge is -2.36. The van der Waals surface area contributed by atoms with Crippen molar-refractivity contribution >= 4 is 21.6 Å². The molecule has 0 radical (unpaired) electrons. The minimum Gasteiger partial charge on any atom is -0.497 e.